The van der Waals surface area contributed by atoms with E-state index in [9.17, 15) is 14.7 Å². The number of rotatable bonds is 5. The predicted octanol–water partition coefficient (Wildman–Crippen LogP) is 2.72. The minimum absolute atomic E-state index is 0.0888. The highest BCUT2D eigenvalue weighted by atomic mass is 32.1. The lowest BCUT2D eigenvalue weighted by Crippen LogP contribution is -2.13. The van der Waals surface area contributed by atoms with Gasteiger partial charge >= 0.3 is 5.97 Å². The second-order valence-corrected chi connectivity index (χ2v) is 5.06. The number of aromatic carboxylic acids is 1. The van der Waals surface area contributed by atoms with Gasteiger partial charge in [0.15, 0.2) is 0 Å². The van der Waals surface area contributed by atoms with Crippen LogP contribution in [-0.2, 0) is 11.2 Å². The van der Waals surface area contributed by atoms with Crippen LogP contribution in [0.5, 0.6) is 5.75 Å². The Labute approximate surface area is 119 Å². The van der Waals surface area contributed by atoms with Gasteiger partial charge in [-0.15, -0.1) is 11.3 Å². The van der Waals surface area contributed by atoms with Crippen molar-refractivity contribution in [3.8, 4) is 5.75 Å². The van der Waals surface area contributed by atoms with Crippen LogP contribution in [-0.4, -0.2) is 22.1 Å². The Balaban J connectivity index is 1.95. The largest absolute Gasteiger partial charge is 0.508 e. The Morgan fingerprint density at radius 3 is 2.65 bits per heavy atom. The maximum Gasteiger partial charge on any atom is 0.338 e. The van der Waals surface area contributed by atoms with Crippen LogP contribution in [0.4, 0.5) is 5.00 Å². The molecule has 2 aromatic rings. The summed E-state index contributed by atoms with van der Waals surface area (Å²) in [6.45, 7) is 0. The van der Waals surface area contributed by atoms with Crippen LogP contribution in [0, 0.1) is 0 Å². The fraction of sp³-hybridized carbons (Fsp3) is 0.143. The Hall–Kier alpha value is -2.34. The first kappa shape index (κ1) is 14.1. The first-order valence-corrected chi connectivity index (χ1v) is 6.83. The molecule has 1 aromatic carbocycles. The summed E-state index contributed by atoms with van der Waals surface area (Å²) in [6.07, 6.45) is 0.570. The highest BCUT2D eigenvalue weighted by Crippen LogP contribution is 2.24. The highest BCUT2D eigenvalue weighted by molar-refractivity contribution is 7.14. The van der Waals surface area contributed by atoms with Crippen LogP contribution < -0.4 is 5.32 Å². The number of para-hydroxylation sites is 1. The summed E-state index contributed by atoms with van der Waals surface area (Å²) < 4.78 is 0. The molecule has 0 atom stereocenters. The molecule has 0 fully saturated rings. The van der Waals surface area contributed by atoms with E-state index >= 15 is 0 Å². The minimum Gasteiger partial charge on any atom is -0.508 e. The van der Waals surface area contributed by atoms with Crippen LogP contribution in [0.1, 0.15) is 22.3 Å². The van der Waals surface area contributed by atoms with Gasteiger partial charge in [0.2, 0.25) is 5.91 Å². The van der Waals surface area contributed by atoms with E-state index in [0.29, 0.717) is 17.0 Å². The van der Waals surface area contributed by atoms with Gasteiger partial charge in [-0.25, -0.2) is 4.79 Å². The molecule has 5 nitrogen and oxygen atoms in total. The zero-order chi connectivity index (χ0) is 14.5. The number of nitrogens with one attached hydrogen (secondary N) is 1. The lowest BCUT2D eigenvalue weighted by Gasteiger charge is -2.05. The molecule has 0 spiro atoms. The molecule has 1 amide bonds. The summed E-state index contributed by atoms with van der Waals surface area (Å²) >= 11 is 1.17. The van der Waals surface area contributed by atoms with Gasteiger partial charge in [-0.3, -0.25) is 4.79 Å². The highest BCUT2D eigenvalue weighted by Gasteiger charge is 2.14. The van der Waals surface area contributed by atoms with E-state index in [-0.39, 0.29) is 23.6 Å². The van der Waals surface area contributed by atoms with Gasteiger partial charge in [0.05, 0.1) is 5.56 Å². The monoisotopic (exact) mass is 291 g/mol. The molecule has 1 heterocycles. The van der Waals surface area contributed by atoms with Crippen LogP contribution in [0.15, 0.2) is 35.7 Å². The Morgan fingerprint density at radius 2 is 1.95 bits per heavy atom. The number of carboxylic acids is 1. The topological polar surface area (TPSA) is 86.6 Å². The third kappa shape index (κ3) is 3.36. The number of carbonyl (C=O) groups excluding carboxylic acids is 1. The SMILES string of the molecule is O=C(CCc1ccccc1O)Nc1sccc1C(=O)O. The third-order valence-electron chi connectivity index (χ3n) is 2.76. The van der Waals surface area contributed by atoms with Crippen LogP contribution in [0.3, 0.4) is 0 Å². The molecular weight excluding hydrogens is 278 g/mol. The van der Waals surface area contributed by atoms with Gasteiger partial charge in [0, 0.05) is 6.42 Å². The molecule has 0 unspecified atom stereocenters. The number of hydrogen-bond acceptors (Lipinski definition) is 4. The minimum atomic E-state index is -1.07. The predicted molar refractivity (Wildman–Crippen MR) is 76.3 cm³/mol. The van der Waals surface area contributed by atoms with E-state index in [1.807, 2.05) is 0 Å². The summed E-state index contributed by atoms with van der Waals surface area (Å²) in [5.74, 6) is -1.19. The number of anilines is 1. The molecule has 0 saturated heterocycles. The van der Waals surface area contributed by atoms with Crippen molar-refractivity contribution >= 4 is 28.2 Å². The zero-order valence-electron chi connectivity index (χ0n) is 10.5. The summed E-state index contributed by atoms with van der Waals surface area (Å²) in [6, 6.07) is 8.26. The van der Waals surface area contributed by atoms with Crippen LogP contribution in [0.25, 0.3) is 0 Å². The summed E-state index contributed by atoms with van der Waals surface area (Å²) in [5, 5.41) is 23.0. The third-order valence-corrected chi connectivity index (χ3v) is 3.59. The molecule has 6 heteroatoms. The summed E-state index contributed by atoms with van der Waals surface area (Å²) in [4.78, 5) is 22.7. The number of phenolic OH excluding ortho intramolecular Hbond substituents is 1. The molecule has 104 valence electrons. The maximum absolute atomic E-state index is 11.8. The summed E-state index contributed by atoms with van der Waals surface area (Å²) in [5.41, 5.74) is 0.776. The van der Waals surface area contributed by atoms with Gasteiger partial charge in [0.1, 0.15) is 10.8 Å². The number of thiophene rings is 1. The number of benzene rings is 1. The number of phenols is 1. The first-order chi connectivity index (χ1) is 9.58. The van der Waals surface area contributed by atoms with Gasteiger partial charge in [-0.1, -0.05) is 18.2 Å². The van der Waals surface area contributed by atoms with Gasteiger partial charge < -0.3 is 15.5 Å². The van der Waals surface area contributed by atoms with E-state index in [1.165, 1.54) is 17.4 Å². The number of hydrogen-bond donors (Lipinski definition) is 3. The lowest BCUT2D eigenvalue weighted by atomic mass is 10.1. The van der Waals surface area contributed by atoms with Crippen LogP contribution >= 0.6 is 11.3 Å². The van der Waals surface area contributed by atoms with Crippen molar-refractivity contribution in [3.05, 3.63) is 46.8 Å². The standard InChI is InChI=1S/C14H13NO4S/c16-11-4-2-1-3-9(11)5-6-12(17)15-13-10(14(18)19)7-8-20-13/h1-4,7-8,16H,5-6H2,(H,15,17)(H,18,19). The maximum atomic E-state index is 11.8. The molecule has 2 rings (SSSR count). The summed E-state index contributed by atoms with van der Waals surface area (Å²) in [7, 11) is 0. The molecule has 1 aromatic heterocycles. The Kier molecular flexibility index (Phi) is 4.37. The fourth-order valence-electron chi connectivity index (χ4n) is 1.73. The van der Waals surface area contributed by atoms with E-state index in [0.717, 1.165) is 0 Å². The van der Waals surface area contributed by atoms with E-state index in [1.54, 1.807) is 29.6 Å². The molecule has 0 bridgehead atoms. The van der Waals surface area contributed by atoms with Crippen molar-refractivity contribution in [1.82, 2.24) is 0 Å². The fourth-order valence-corrected chi connectivity index (χ4v) is 2.53. The number of aromatic hydroxyl groups is 1. The average molecular weight is 291 g/mol. The van der Waals surface area contributed by atoms with Crippen molar-refractivity contribution in [2.24, 2.45) is 0 Å². The van der Waals surface area contributed by atoms with Crippen molar-refractivity contribution < 1.29 is 19.8 Å². The quantitative estimate of drug-likeness (QED) is 0.790. The molecule has 0 saturated carbocycles. The smallest absolute Gasteiger partial charge is 0.338 e. The molecule has 3 N–H and O–H groups in total. The molecule has 20 heavy (non-hydrogen) atoms. The zero-order valence-corrected chi connectivity index (χ0v) is 11.3. The van der Waals surface area contributed by atoms with Crippen molar-refractivity contribution in [1.29, 1.82) is 0 Å². The molecule has 0 radical (unpaired) electrons. The first-order valence-electron chi connectivity index (χ1n) is 5.95. The van der Waals surface area contributed by atoms with Gasteiger partial charge in [0.25, 0.3) is 0 Å². The van der Waals surface area contributed by atoms with Crippen molar-refractivity contribution in [3.63, 3.8) is 0 Å². The molecule has 0 aliphatic rings. The van der Waals surface area contributed by atoms with Crippen LogP contribution in [0.2, 0.25) is 0 Å². The van der Waals surface area contributed by atoms with Gasteiger partial charge in [-0.2, -0.15) is 0 Å². The van der Waals surface area contributed by atoms with E-state index in [4.69, 9.17) is 5.11 Å². The van der Waals surface area contributed by atoms with Gasteiger partial charge in [-0.05, 0) is 29.5 Å². The van der Waals surface area contributed by atoms with E-state index in [2.05, 4.69) is 5.32 Å². The Bertz CT molecular complexity index is 636. The Morgan fingerprint density at radius 1 is 1.20 bits per heavy atom. The molecular formula is C14H13NO4S. The average Bonchev–Trinajstić information content (AvgIpc) is 2.86. The number of carboxylic acid groups (broad SMARTS) is 1. The lowest BCUT2D eigenvalue weighted by molar-refractivity contribution is -0.116. The number of amides is 1. The normalized spacial score (nSPS) is 10.2. The van der Waals surface area contributed by atoms with Crippen molar-refractivity contribution in [2.45, 2.75) is 12.8 Å². The number of carbonyl (C=O) groups is 2. The second-order valence-electron chi connectivity index (χ2n) is 4.15. The molecule has 0 aliphatic heterocycles. The van der Waals surface area contributed by atoms with Crippen molar-refractivity contribution in [2.75, 3.05) is 5.32 Å². The molecule has 0 aliphatic carbocycles. The van der Waals surface area contributed by atoms with E-state index < -0.39 is 5.97 Å². The second kappa shape index (κ2) is 6.21. The number of aryl methyl sites for hydroxylation is 1.